The standard InChI is InChI=1S/C14H19ClN2O2.ClH/c15-10-2-1-3-12(8-10)17-14(18)9-19-13-6-4-11(16)5-7-13;/h1-3,8,11,13H,4-7,9,16H2,(H,17,18);1H. The number of nitrogens with one attached hydrogen (secondary N) is 1. The summed E-state index contributed by atoms with van der Waals surface area (Å²) in [6.07, 6.45) is 3.98. The van der Waals surface area contributed by atoms with Gasteiger partial charge in [-0.3, -0.25) is 4.79 Å². The number of halogens is 2. The van der Waals surface area contributed by atoms with E-state index < -0.39 is 0 Å². The summed E-state index contributed by atoms with van der Waals surface area (Å²) in [5, 5.41) is 3.36. The van der Waals surface area contributed by atoms with Gasteiger partial charge in [-0.15, -0.1) is 12.4 Å². The summed E-state index contributed by atoms with van der Waals surface area (Å²) in [7, 11) is 0. The number of rotatable bonds is 4. The van der Waals surface area contributed by atoms with Crippen LogP contribution in [-0.2, 0) is 9.53 Å². The third kappa shape index (κ3) is 5.67. The van der Waals surface area contributed by atoms with Crippen molar-refractivity contribution >= 4 is 35.6 Å². The molecule has 0 aromatic heterocycles. The van der Waals surface area contributed by atoms with E-state index in [0.29, 0.717) is 16.8 Å². The molecule has 1 aromatic rings. The van der Waals surface area contributed by atoms with Crippen molar-refractivity contribution in [2.75, 3.05) is 11.9 Å². The number of anilines is 1. The van der Waals surface area contributed by atoms with Gasteiger partial charge in [0.2, 0.25) is 5.91 Å². The molecule has 1 aliphatic rings. The van der Waals surface area contributed by atoms with Gasteiger partial charge in [-0.1, -0.05) is 17.7 Å². The number of carbonyl (C=O) groups excluding carboxylic acids is 1. The van der Waals surface area contributed by atoms with Gasteiger partial charge >= 0.3 is 0 Å². The Bertz CT molecular complexity index is 435. The molecule has 0 radical (unpaired) electrons. The summed E-state index contributed by atoms with van der Waals surface area (Å²) in [4.78, 5) is 11.7. The van der Waals surface area contributed by atoms with Crippen LogP contribution >= 0.6 is 24.0 Å². The van der Waals surface area contributed by atoms with Gasteiger partial charge in [0, 0.05) is 16.8 Å². The lowest BCUT2D eigenvalue weighted by molar-refractivity contribution is -0.123. The normalized spacial score (nSPS) is 21.9. The third-order valence-corrected chi connectivity index (χ3v) is 3.51. The van der Waals surface area contributed by atoms with Crippen LogP contribution in [0.3, 0.4) is 0 Å². The maximum atomic E-state index is 11.7. The molecule has 1 saturated carbocycles. The molecule has 112 valence electrons. The van der Waals surface area contributed by atoms with E-state index in [-0.39, 0.29) is 31.0 Å². The van der Waals surface area contributed by atoms with Gasteiger partial charge in [0.25, 0.3) is 0 Å². The third-order valence-electron chi connectivity index (χ3n) is 3.28. The van der Waals surface area contributed by atoms with Crippen molar-refractivity contribution in [2.45, 2.75) is 37.8 Å². The molecular formula is C14H20Cl2N2O2. The van der Waals surface area contributed by atoms with E-state index in [1.807, 2.05) is 0 Å². The smallest absolute Gasteiger partial charge is 0.250 e. The molecule has 0 bridgehead atoms. The second kappa shape index (κ2) is 8.47. The molecule has 4 nitrogen and oxygen atoms in total. The summed E-state index contributed by atoms with van der Waals surface area (Å²) >= 11 is 5.85. The van der Waals surface area contributed by atoms with Crippen LogP contribution in [0, 0.1) is 0 Å². The first-order valence-corrected chi connectivity index (χ1v) is 6.94. The monoisotopic (exact) mass is 318 g/mol. The lowest BCUT2D eigenvalue weighted by Crippen LogP contribution is -2.32. The Morgan fingerprint density at radius 3 is 2.70 bits per heavy atom. The topological polar surface area (TPSA) is 64.3 Å². The fraction of sp³-hybridized carbons (Fsp3) is 0.500. The summed E-state index contributed by atoms with van der Waals surface area (Å²) in [5.74, 6) is -0.155. The number of ether oxygens (including phenoxy) is 1. The molecule has 1 fully saturated rings. The average molecular weight is 319 g/mol. The van der Waals surface area contributed by atoms with Gasteiger partial charge in [-0.2, -0.15) is 0 Å². The van der Waals surface area contributed by atoms with Crippen molar-refractivity contribution in [1.82, 2.24) is 0 Å². The second-order valence-corrected chi connectivity index (χ2v) is 5.34. The maximum absolute atomic E-state index is 11.7. The van der Waals surface area contributed by atoms with E-state index in [0.717, 1.165) is 25.7 Å². The Morgan fingerprint density at radius 1 is 1.35 bits per heavy atom. The fourth-order valence-electron chi connectivity index (χ4n) is 2.21. The minimum atomic E-state index is -0.155. The van der Waals surface area contributed by atoms with Crippen LogP contribution in [0.5, 0.6) is 0 Å². The minimum Gasteiger partial charge on any atom is -0.368 e. The van der Waals surface area contributed by atoms with Crippen molar-refractivity contribution in [3.05, 3.63) is 29.3 Å². The summed E-state index contributed by atoms with van der Waals surface area (Å²) in [5.41, 5.74) is 6.51. The molecule has 0 aliphatic heterocycles. The van der Waals surface area contributed by atoms with Crippen molar-refractivity contribution < 1.29 is 9.53 Å². The van der Waals surface area contributed by atoms with Gasteiger partial charge in [0.05, 0.1) is 6.10 Å². The highest BCUT2D eigenvalue weighted by atomic mass is 35.5. The van der Waals surface area contributed by atoms with Crippen molar-refractivity contribution in [3.8, 4) is 0 Å². The van der Waals surface area contributed by atoms with E-state index in [1.54, 1.807) is 24.3 Å². The molecule has 0 atom stereocenters. The van der Waals surface area contributed by atoms with Gasteiger partial charge in [-0.25, -0.2) is 0 Å². The van der Waals surface area contributed by atoms with Gasteiger partial charge in [0.1, 0.15) is 6.61 Å². The largest absolute Gasteiger partial charge is 0.368 e. The highest BCUT2D eigenvalue weighted by Gasteiger charge is 2.19. The van der Waals surface area contributed by atoms with Crippen LogP contribution in [0.2, 0.25) is 5.02 Å². The Hall–Kier alpha value is -0.810. The molecule has 6 heteroatoms. The van der Waals surface area contributed by atoms with Gasteiger partial charge in [0.15, 0.2) is 0 Å². The van der Waals surface area contributed by atoms with Crippen LogP contribution in [0.25, 0.3) is 0 Å². The average Bonchev–Trinajstić information content (AvgIpc) is 2.38. The Kier molecular flexibility index (Phi) is 7.30. The number of hydrogen-bond donors (Lipinski definition) is 2. The molecule has 1 aromatic carbocycles. The number of hydrogen-bond acceptors (Lipinski definition) is 3. The second-order valence-electron chi connectivity index (χ2n) is 4.91. The molecule has 0 heterocycles. The number of nitrogens with two attached hydrogens (primary N) is 1. The molecule has 0 unspecified atom stereocenters. The van der Waals surface area contributed by atoms with Crippen molar-refractivity contribution in [1.29, 1.82) is 0 Å². The van der Waals surface area contributed by atoms with Crippen LogP contribution in [0.15, 0.2) is 24.3 Å². The maximum Gasteiger partial charge on any atom is 0.250 e. The first-order valence-electron chi connectivity index (χ1n) is 6.56. The number of benzene rings is 1. The summed E-state index contributed by atoms with van der Waals surface area (Å²) in [6, 6.07) is 7.35. The molecule has 3 N–H and O–H groups in total. The highest BCUT2D eigenvalue weighted by Crippen LogP contribution is 2.20. The molecule has 1 amide bonds. The van der Waals surface area contributed by atoms with E-state index in [9.17, 15) is 4.79 Å². The van der Waals surface area contributed by atoms with E-state index in [4.69, 9.17) is 22.1 Å². The predicted octanol–water partition coefficient (Wildman–Crippen LogP) is 2.99. The summed E-state index contributed by atoms with van der Waals surface area (Å²) < 4.78 is 5.59. The Labute approximate surface area is 130 Å². The molecule has 0 saturated heterocycles. The van der Waals surface area contributed by atoms with E-state index in [1.165, 1.54) is 0 Å². The first kappa shape index (κ1) is 17.2. The van der Waals surface area contributed by atoms with Crippen LogP contribution in [0.1, 0.15) is 25.7 Å². The predicted molar refractivity (Wildman–Crippen MR) is 83.5 cm³/mol. The number of amides is 1. The zero-order chi connectivity index (χ0) is 13.7. The quantitative estimate of drug-likeness (QED) is 0.897. The van der Waals surface area contributed by atoms with Gasteiger partial charge < -0.3 is 15.8 Å². The molecule has 0 spiro atoms. The van der Waals surface area contributed by atoms with Crippen molar-refractivity contribution in [2.24, 2.45) is 5.73 Å². The summed E-state index contributed by atoms with van der Waals surface area (Å²) in [6.45, 7) is 0.0758. The first-order chi connectivity index (χ1) is 9.13. The van der Waals surface area contributed by atoms with E-state index in [2.05, 4.69) is 5.32 Å². The van der Waals surface area contributed by atoms with Gasteiger partial charge in [-0.05, 0) is 43.9 Å². The molecule has 20 heavy (non-hydrogen) atoms. The van der Waals surface area contributed by atoms with E-state index >= 15 is 0 Å². The number of carbonyl (C=O) groups is 1. The van der Waals surface area contributed by atoms with Crippen molar-refractivity contribution in [3.63, 3.8) is 0 Å². The van der Waals surface area contributed by atoms with Crippen LogP contribution < -0.4 is 11.1 Å². The SMILES string of the molecule is Cl.NC1CCC(OCC(=O)Nc2cccc(Cl)c2)CC1. The zero-order valence-electron chi connectivity index (χ0n) is 11.2. The zero-order valence-corrected chi connectivity index (χ0v) is 12.8. The lowest BCUT2D eigenvalue weighted by atomic mass is 9.94. The van der Waals surface area contributed by atoms with Crippen LogP contribution in [0.4, 0.5) is 5.69 Å². The minimum absolute atomic E-state index is 0. The Balaban J connectivity index is 0.00000200. The van der Waals surface area contributed by atoms with Crippen LogP contribution in [-0.4, -0.2) is 24.7 Å². The Morgan fingerprint density at radius 2 is 2.05 bits per heavy atom. The lowest BCUT2D eigenvalue weighted by Gasteiger charge is -2.25. The highest BCUT2D eigenvalue weighted by molar-refractivity contribution is 6.30. The fourth-order valence-corrected chi connectivity index (χ4v) is 2.40. The molecule has 2 rings (SSSR count). The molecule has 1 aliphatic carbocycles. The molecular weight excluding hydrogens is 299 g/mol.